The van der Waals surface area contributed by atoms with Gasteiger partial charge in [0, 0.05) is 15.9 Å². The highest BCUT2D eigenvalue weighted by Gasteiger charge is 2.32. The minimum atomic E-state index is 0.00827. The third-order valence-corrected chi connectivity index (χ3v) is 5.36. The van der Waals surface area contributed by atoms with Gasteiger partial charge in [0.1, 0.15) is 11.1 Å². The normalized spacial score (nSPS) is 16.1. The average Bonchev–Trinajstić information content (AvgIpc) is 2.82. The smallest absolute Gasteiger partial charge is 0.105 e. The number of hydrogen-bond acceptors (Lipinski definition) is 3. The molecule has 2 nitrogen and oxygen atoms in total. The van der Waals surface area contributed by atoms with Gasteiger partial charge in [0.15, 0.2) is 0 Å². The van der Waals surface area contributed by atoms with Crippen molar-refractivity contribution in [3.05, 3.63) is 63.5 Å². The number of anilines is 1. The Morgan fingerprint density at radius 3 is 2.64 bits per heavy atom. The molecule has 0 saturated carbocycles. The molecule has 1 aromatic carbocycles. The van der Waals surface area contributed by atoms with E-state index in [9.17, 15) is 5.26 Å². The number of nitrogen functional groups attached to an aromatic ring is 1. The van der Waals surface area contributed by atoms with Gasteiger partial charge in [-0.2, -0.15) is 5.26 Å². The molecule has 110 valence electrons. The molecule has 0 unspecified atom stereocenters. The number of nitrogens with two attached hydrogens (primary N) is 1. The minimum Gasteiger partial charge on any atom is -0.389 e. The second kappa shape index (κ2) is 5.47. The molecule has 0 aliphatic heterocycles. The summed E-state index contributed by atoms with van der Waals surface area (Å²) < 4.78 is 0. The van der Waals surface area contributed by atoms with Crippen LogP contribution in [0.5, 0.6) is 0 Å². The van der Waals surface area contributed by atoms with Gasteiger partial charge in [0.2, 0.25) is 0 Å². The lowest BCUT2D eigenvalue weighted by Gasteiger charge is -2.29. The van der Waals surface area contributed by atoms with E-state index < -0.39 is 0 Å². The van der Waals surface area contributed by atoms with Gasteiger partial charge in [-0.3, -0.25) is 0 Å². The summed E-state index contributed by atoms with van der Waals surface area (Å²) >= 11 is 1.55. The molecular weight excluding hydrogens is 288 g/mol. The minimum absolute atomic E-state index is 0.00827. The quantitative estimate of drug-likeness (QED) is 0.850. The molecule has 0 radical (unpaired) electrons. The maximum Gasteiger partial charge on any atom is 0.105 e. The van der Waals surface area contributed by atoms with Crippen LogP contribution >= 0.6 is 11.3 Å². The Morgan fingerprint density at radius 1 is 1.23 bits per heavy atom. The Morgan fingerprint density at radius 2 is 1.95 bits per heavy atom. The second-order valence-corrected chi connectivity index (χ2v) is 7.27. The summed E-state index contributed by atoms with van der Waals surface area (Å²) in [5, 5.41) is 9.99. The maximum atomic E-state index is 9.36. The Hall–Kier alpha value is -2.31. The predicted octanol–water partition coefficient (Wildman–Crippen LogP) is 4.98. The number of allylic oxidation sites excluding steroid dienone is 2. The van der Waals surface area contributed by atoms with Crippen molar-refractivity contribution < 1.29 is 0 Å². The first kappa shape index (κ1) is 14.6. The summed E-state index contributed by atoms with van der Waals surface area (Å²) in [6.07, 6.45) is 7.34. The van der Waals surface area contributed by atoms with Crippen LogP contribution in [0.1, 0.15) is 41.8 Å². The van der Waals surface area contributed by atoms with E-state index in [0.717, 1.165) is 12.0 Å². The molecule has 0 spiro atoms. The third-order valence-electron chi connectivity index (χ3n) is 3.96. The summed E-state index contributed by atoms with van der Waals surface area (Å²) in [6.45, 7) is 4.43. The number of rotatable bonds is 2. The van der Waals surface area contributed by atoms with Gasteiger partial charge in [-0.15, -0.1) is 11.3 Å². The number of benzene rings is 1. The Kier molecular flexibility index (Phi) is 3.64. The van der Waals surface area contributed by atoms with Crippen LogP contribution in [0.2, 0.25) is 0 Å². The average molecular weight is 306 g/mol. The van der Waals surface area contributed by atoms with Crippen molar-refractivity contribution in [2.75, 3.05) is 5.73 Å². The van der Waals surface area contributed by atoms with Crippen molar-refractivity contribution in [1.82, 2.24) is 0 Å². The second-order valence-electron chi connectivity index (χ2n) is 6.22. The summed E-state index contributed by atoms with van der Waals surface area (Å²) in [4.78, 5) is 1.22. The Balaban J connectivity index is 2.02. The van der Waals surface area contributed by atoms with Crippen molar-refractivity contribution in [2.45, 2.75) is 25.7 Å². The number of fused-ring (bicyclic) bond motifs is 1. The van der Waals surface area contributed by atoms with Crippen LogP contribution in [0.3, 0.4) is 0 Å². The lowest BCUT2D eigenvalue weighted by atomic mass is 9.77. The Labute approximate surface area is 135 Å². The van der Waals surface area contributed by atoms with E-state index in [4.69, 9.17) is 5.73 Å². The van der Waals surface area contributed by atoms with E-state index in [2.05, 4.69) is 50.3 Å². The van der Waals surface area contributed by atoms with E-state index in [1.807, 2.05) is 18.2 Å². The molecule has 2 N–H and O–H groups in total. The molecular formula is C19H18N2S. The number of nitrogens with zero attached hydrogens (tertiary/aromatic N) is 1. The van der Waals surface area contributed by atoms with Crippen molar-refractivity contribution >= 4 is 28.5 Å². The van der Waals surface area contributed by atoms with E-state index in [1.54, 1.807) is 11.3 Å². The zero-order chi connectivity index (χ0) is 15.7. The fourth-order valence-electron chi connectivity index (χ4n) is 2.92. The molecule has 0 bridgehead atoms. The number of thiophene rings is 1. The molecule has 0 saturated heterocycles. The fraction of sp³-hybridized carbons (Fsp3) is 0.211. The molecule has 0 amide bonds. The van der Waals surface area contributed by atoms with Crippen molar-refractivity contribution in [1.29, 1.82) is 5.26 Å². The van der Waals surface area contributed by atoms with Crippen LogP contribution in [-0.2, 0) is 5.41 Å². The lowest BCUT2D eigenvalue weighted by molar-refractivity contribution is 0.531. The SMILES string of the molecule is CC1(C)CC(/C=C/c2ccccc2)=Cc2c1sc(N)c2C#N. The zero-order valence-electron chi connectivity index (χ0n) is 12.8. The summed E-state index contributed by atoms with van der Waals surface area (Å²) in [6, 6.07) is 12.5. The van der Waals surface area contributed by atoms with E-state index in [0.29, 0.717) is 10.6 Å². The summed E-state index contributed by atoms with van der Waals surface area (Å²) in [5.41, 5.74) is 10.1. The standard InChI is InChI=1S/C19H18N2S/c1-19(2)11-14(9-8-13-6-4-3-5-7-13)10-15-16(12-20)18(21)22-17(15)19/h3-10H,11,21H2,1-2H3/b9-8+. The van der Waals surface area contributed by atoms with Crippen molar-refractivity contribution in [3.8, 4) is 6.07 Å². The van der Waals surface area contributed by atoms with Gasteiger partial charge in [-0.05, 0) is 23.6 Å². The first-order valence-corrected chi connectivity index (χ1v) is 8.09. The van der Waals surface area contributed by atoms with Crippen molar-refractivity contribution in [3.63, 3.8) is 0 Å². The number of nitriles is 1. The van der Waals surface area contributed by atoms with Crippen LogP contribution in [0.4, 0.5) is 5.00 Å². The van der Waals surface area contributed by atoms with Crippen LogP contribution in [0, 0.1) is 11.3 Å². The van der Waals surface area contributed by atoms with Crippen LogP contribution in [0.15, 0.2) is 42.0 Å². The van der Waals surface area contributed by atoms with E-state index in [1.165, 1.54) is 16.0 Å². The lowest BCUT2D eigenvalue weighted by Crippen LogP contribution is -2.20. The maximum absolute atomic E-state index is 9.36. The molecule has 22 heavy (non-hydrogen) atoms. The van der Waals surface area contributed by atoms with Gasteiger partial charge >= 0.3 is 0 Å². The third kappa shape index (κ3) is 2.58. The Bertz CT molecular complexity index is 802. The highest BCUT2D eigenvalue weighted by molar-refractivity contribution is 7.16. The van der Waals surface area contributed by atoms with Crippen LogP contribution in [0.25, 0.3) is 12.2 Å². The molecule has 3 rings (SSSR count). The van der Waals surface area contributed by atoms with Crippen LogP contribution in [-0.4, -0.2) is 0 Å². The molecule has 1 aliphatic carbocycles. The molecule has 2 aromatic rings. The van der Waals surface area contributed by atoms with Gasteiger partial charge in [0.05, 0.1) is 5.56 Å². The highest BCUT2D eigenvalue weighted by Crippen LogP contribution is 2.46. The largest absolute Gasteiger partial charge is 0.389 e. The molecule has 1 heterocycles. The fourth-order valence-corrected chi connectivity index (χ4v) is 4.02. The van der Waals surface area contributed by atoms with Gasteiger partial charge < -0.3 is 5.73 Å². The highest BCUT2D eigenvalue weighted by atomic mass is 32.1. The van der Waals surface area contributed by atoms with Gasteiger partial charge in [-0.25, -0.2) is 0 Å². The van der Waals surface area contributed by atoms with Crippen LogP contribution < -0.4 is 5.73 Å². The number of hydrogen-bond donors (Lipinski definition) is 1. The summed E-state index contributed by atoms with van der Waals surface area (Å²) in [7, 11) is 0. The zero-order valence-corrected chi connectivity index (χ0v) is 13.6. The predicted molar refractivity (Wildman–Crippen MR) is 94.5 cm³/mol. The van der Waals surface area contributed by atoms with E-state index in [-0.39, 0.29) is 5.41 Å². The molecule has 1 aliphatic rings. The van der Waals surface area contributed by atoms with Gasteiger partial charge in [0.25, 0.3) is 0 Å². The van der Waals surface area contributed by atoms with Gasteiger partial charge in [-0.1, -0.05) is 56.3 Å². The van der Waals surface area contributed by atoms with Crippen molar-refractivity contribution in [2.24, 2.45) is 0 Å². The topological polar surface area (TPSA) is 49.8 Å². The molecule has 0 fully saturated rings. The first-order chi connectivity index (χ1) is 10.5. The molecule has 0 atom stereocenters. The first-order valence-electron chi connectivity index (χ1n) is 7.28. The summed E-state index contributed by atoms with van der Waals surface area (Å²) in [5.74, 6) is 0. The molecule has 3 heteroatoms. The monoisotopic (exact) mass is 306 g/mol. The molecule has 1 aromatic heterocycles. The van der Waals surface area contributed by atoms with E-state index >= 15 is 0 Å².